The second-order valence-electron chi connectivity index (χ2n) is 3.36. The molecule has 0 heterocycles. The highest BCUT2D eigenvalue weighted by atomic mass is 79.9. The molecule has 0 bridgehead atoms. The molecule has 10 heavy (non-hydrogen) atoms. The molecule has 0 aliphatic heterocycles. The van der Waals surface area contributed by atoms with E-state index < -0.39 is 8.32 Å². The Morgan fingerprint density at radius 1 is 1.40 bits per heavy atom. The maximum atomic E-state index is 5.67. The Balaban J connectivity index is 3.04. The molecule has 0 aromatic carbocycles. The van der Waals surface area contributed by atoms with Crippen LogP contribution in [0.1, 0.15) is 6.42 Å². The van der Waals surface area contributed by atoms with Gasteiger partial charge in [0.25, 0.3) is 0 Å². The van der Waals surface area contributed by atoms with Crippen molar-refractivity contribution >= 4 is 39.4 Å². The molecule has 4 heteroatoms. The Morgan fingerprint density at radius 3 is 2.40 bits per heavy atom. The summed E-state index contributed by atoms with van der Waals surface area (Å²) >= 11 is 3.62. The summed E-state index contributed by atoms with van der Waals surface area (Å²) in [7, 11) is -1.21. The van der Waals surface area contributed by atoms with Crippen molar-refractivity contribution in [2.75, 3.05) is 6.61 Å². The van der Waals surface area contributed by atoms with Gasteiger partial charge < -0.3 is 17.3 Å². The minimum absolute atomic E-state index is 0.0978. The van der Waals surface area contributed by atoms with Gasteiger partial charge in [-0.1, -0.05) is 6.42 Å². The first-order valence-electron chi connectivity index (χ1n) is 3.76. The van der Waals surface area contributed by atoms with Gasteiger partial charge in [-0.05, 0) is 19.6 Å². The van der Waals surface area contributed by atoms with Gasteiger partial charge in [0, 0.05) is 6.61 Å². The average Bonchev–Trinajstić information content (AvgIpc) is 1.78. The van der Waals surface area contributed by atoms with Gasteiger partial charge in [0.05, 0.1) is 0 Å². The Hall–Kier alpha value is 1.42. The molecule has 0 aliphatic carbocycles. The molecule has 0 aromatic rings. The molecule has 0 rings (SSSR count). The molecule has 58 valence electrons. The maximum absolute atomic E-state index is 5.67. The van der Waals surface area contributed by atoms with Gasteiger partial charge in [-0.3, -0.25) is 0 Å². The fourth-order valence-corrected chi connectivity index (χ4v) is 2.91. The first kappa shape index (κ1) is 11.4. The van der Waals surface area contributed by atoms with Gasteiger partial charge in [-0.2, -0.15) is 0 Å². The van der Waals surface area contributed by atoms with Crippen LogP contribution in [-0.4, -0.2) is 33.1 Å². The first-order valence-corrected chi connectivity index (χ1v) is 12.1. The van der Waals surface area contributed by atoms with Crippen molar-refractivity contribution in [3.8, 4) is 0 Å². The van der Waals surface area contributed by atoms with Gasteiger partial charge in [0.15, 0.2) is 8.32 Å². The van der Waals surface area contributed by atoms with E-state index in [9.17, 15) is 0 Å². The summed E-state index contributed by atoms with van der Waals surface area (Å²) in [6, 6.07) is 0. The van der Waals surface area contributed by atoms with Gasteiger partial charge in [-0.25, -0.2) is 0 Å². The van der Waals surface area contributed by atoms with Crippen molar-refractivity contribution in [1.29, 1.82) is 0 Å². The van der Waals surface area contributed by atoms with Crippen LogP contribution in [0.4, 0.5) is 0 Å². The van der Waals surface area contributed by atoms with Crippen molar-refractivity contribution in [2.45, 2.75) is 30.6 Å². The molecule has 0 fully saturated rings. The van der Waals surface area contributed by atoms with Crippen molar-refractivity contribution in [3.05, 3.63) is 0 Å². The van der Waals surface area contributed by atoms with E-state index in [1.165, 1.54) is 11.0 Å². The Kier molecular flexibility index (Phi) is 6.85. The van der Waals surface area contributed by atoms with E-state index in [4.69, 9.17) is 4.43 Å². The van der Waals surface area contributed by atoms with Crippen LogP contribution in [0.3, 0.4) is 0 Å². The van der Waals surface area contributed by atoms with Gasteiger partial charge >= 0.3 is 18.2 Å². The average molecular weight is 235 g/mol. The Labute approximate surface area is 80.6 Å². The lowest BCUT2D eigenvalue weighted by Gasteiger charge is -2.16. The van der Waals surface area contributed by atoms with Crippen LogP contribution in [0.15, 0.2) is 0 Å². The van der Waals surface area contributed by atoms with E-state index in [0.717, 1.165) is 6.61 Å². The normalized spacial score (nSPS) is 11.2. The third kappa shape index (κ3) is 9.42. The summed E-state index contributed by atoms with van der Waals surface area (Å²) < 4.78 is 7.04. The van der Waals surface area contributed by atoms with Crippen LogP contribution < -0.4 is 0 Å². The molecule has 0 aromatic heterocycles. The lowest BCUT2D eigenvalue weighted by molar-refractivity contribution is 0.311. The Morgan fingerprint density at radius 2 is 2.00 bits per heavy atom. The van der Waals surface area contributed by atoms with E-state index in [-0.39, 0.29) is 18.2 Å². The fraction of sp³-hybridized carbons (Fsp3) is 1.00. The minimum Gasteiger partial charge on any atom is -0.418 e. The standard InChI is InChI=1S/C6H15OSi.BrH.Mg/c1-5-6-7-8(2,3)4;;/h1,5-6H2,2-4H3;1H;/q;;+1/p-1. The SMILES string of the molecule is C[Si](C)(C)OCC[CH2][Mg][Br]. The zero-order valence-corrected chi connectivity index (χ0v) is 11.1. The van der Waals surface area contributed by atoms with Crippen molar-refractivity contribution < 1.29 is 4.43 Å². The lowest BCUT2D eigenvalue weighted by atomic mass is 10.5. The second kappa shape index (κ2) is 6.00. The van der Waals surface area contributed by atoms with Crippen LogP contribution in [-0.2, 0) is 4.43 Å². The fourth-order valence-electron chi connectivity index (χ4n) is 0.575. The van der Waals surface area contributed by atoms with Gasteiger partial charge in [-0.15, -0.1) is 4.55 Å². The summed E-state index contributed by atoms with van der Waals surface area (Å²) in [5.74, 6) is 0. The van der Waals surface area contributed by atoms with E-state index >= 15 is 0 Å². The maximum Gasteiger partial charge on any atom is 0.468 e. The highest BCUT2D eigenvalue weighted by molar-refractivity contribution is 9.23. The minimum atomic E-state index is -1.21. The molecule has 0 amide bonds. The predicted molar refractivity (Wildman–Crippen MR) is 53.4 cm³/mol. The van der Waals surface area contributed by atoms with Crippen molar-refractivity contribution in [3.63, 3.8) is 0 Å². The third-order valence-electron chi connectivity index (χ3n) is 1.06. The first-order chi connectivity index (χ1) is 4.56. The van der Waals surface area contributed by atoms with E-state index in [2.05, 4.69) is 32.5 Å². The molecular formula is C6H15BrMgOSi. The van der Waals surface area contributed by atoms with E-state index in [1.807, 2.05) is 0 Å². The number of rotatable bonds is 5. The van der Waals surface area contributed by atoms with Crippen LogP contribution in [0.5, 0.6) is 0 Å². The summed E-state index contributed by atoms with van der Waals surface area (Å²) in [6.45, 7) is 7.68. The van der Waals surface area contributed by atoms with Crippen LogP contribution in [0, 0.1) is 0 Å². The van der Waals surface area contributed by atoms with Crippen molar-refractivity contribution in [1.82, 2.24) is 0 Å². The molecule has 0 atom stereocenters. The lowest BCUT2D eigenvalue weighted by Crippen LogP contribution is -2.25. The van der Waals surface area contributed by atoms with Crippen LogP contribution in [0.2, 0.25) is 24.2 Å². The smallest absolute Gasteiger partial charge is 0.418 e. The van der Waals surface area contributed by atoms with E-state index in [1.54, 1.807) is 0 Å². The zero-order chi connectivity index (χ0) is 8.04. The molecule has 0 radical (unpaired) electrons. The van der Waals surface area contributed by atoms with Crippen LogP contribution >= 0.6 is 12.9 Å². The predicted octanol–water partition coefficient (Wildman–Crippen LogP) is 2.66. The Bertz CT molecular complexity index is 84.3. The molecule has 0 unspecified atom stereocenters. The van der Waals surface area contributed by atoms with Gasteiger partial charge in [0.1, 0.15) is 0 Å². The molecule has 0 aliphatic rings. The third-order valence-corrected chi connectivity index (χ3v) is 4.58. The summed E-state index contributed by atoms with van der Waals surface area (Å²) in [5, 5.41) is 0. The number of hydrogen-bond acceptors (Lipinski definition) is 1. The largest absolute Gasteiger partial charge is 0.468 e. The number of hydrogen-bond donors (Lipinski definition) is 0. The summed E-state index contributed by atoms with van der Waals surface area (Å²) in [5.41, 5.74) is 0. The molecule has 0 saturated carbocycles. The summed E-state index contributed by atoms with van der Waals surface area (Å²) in [6.07, 6.45) is 1.25. The van der Waals surface area contributed by atoms with Crippen molar-refractivity contribution in [2.24, 2.45) is 0 Å². The molecule has 0 N–H and O–H groups in total. The molecular weight excluding hydrogens is 220 g/mol. The van der Waals surface area contributed by atoms with Gasteiger partial charge in [0.2, 0.25) is 0 Å². The quantitative estimate of drug-likeness (QED) is 0.526. The zero-order valence-electron chi connectivity index (χ0n) is 7.11. The second-order valence-corrected chi connectivity index (χ2v) is 11.3. The molecule has 0 saturated heterocycles. The monoisotopic (exact) mass is 234 g/mol. The summed E-state index contributed by atoms with van der Waals surface area (Å²) in [4.78, 5) is 0. The number of halogens is 1. The highest BCUT2D eigenvalue weighted by Gasteiger charge is 2.12. The molecule has 1 nitrogen and oxygen atoms in total. The van der Waals surface area contributed by atoms with E-state index in [0.29, 0.717) is 0 Å². The topological polar surface area (TPSA) is 9.23 Å². The highest BCUT2D eigenvalue weighted by Crippen LogP contribution is 2.04. The molecule has 0 spiro atoms. The van der Waals surface area contributed by atoms with Crippen LogP contribution in [0.25, 0.3) is 0 Å².